The van der Waals surface area contributed by atoms with Crippen molar-refractivity contribution in [1.82, 2.24) is 4.90 Å². The molecule has 1 aliphatic heterocycles. The lowest BCUT2D eigenvalue weighted by Gasteiger charge is -2.16. The zero-order chi connectivity index (χ0) is 15.5. The molecule has 0 spiro atoms. The Balaban J connectivity index is 2.04. The van der Waals surface area contributed by atoms with Gasteiger partial charge in [-0.1, -0.05) is 0 Å². The standard InChI is InChI=1S/C14H16F3NO3/c15-14(16,17)12-9-10(3-4-11(12)13(19)20)21-8-7-18-5-1-2-6-18/h3-4,9H,1-2,5-8H2,(H,19,20). The molecule has 0 bridgehead atoms. The molecule has 116 valence electrons. The fourth-order valence-corrected chi connectivity index (χ4v) is 2.33. The molecule has 0 radical (unpaired) electrons. The maximum atomic E-state index is 12.8. The van der Waals surface area contributed by atoms with Crippen LogP contribution in [0.15, 0.2) is 18.2 Å². The third kappa shape index (κ3) is 4.10. The van der Waals surface area contributed by atoms with Crippen molar-refractivity contribution in [2.45, 2.75) is 19.0 Å². The van der Waals surface area contributed by atoms with Crippen molar-refractivity contribution in [1.29, 1.82) is 0 Å². The van der Waals surface area contributed by atoms with Gasteiger partial charge in [0.2, 0.25) is 0 Å². The highest BCUT2D eigenvalue weighted by atomic mass is 19.4. The van der Waals surface area contributed by atoms with Crippen LogP contribution in [0.5, 0.6) is 5.75 Å². The van der Waals surface area contributed by atoms with E-state index in [1.54, 1.807) is 0 Å². The molecule has 7 heteroatoms. The average Bonchev–Trinajstić information content (AvgIpc) is 2.90. The van der Waals surface area contributed by atoms with Gasteiger partial charge in [-0.2, -0.15) is 13.2 Å². The largest absolute Gasteiger partial charge is 0.492 e. The lowest BCUT2D eigenvalue weighted by atomic mass is 10.1. The van der Waals surface area contributed by atoms with Gasteiger partial charge in [0.05, 0.1) is 11.1 Å². The normalized spacial score (nSPS) is 16.1. The summed E-state index contributed by atoms with van der Waals surface area (Å²) in [4.78, 5) is 13.0. The Morgan fingerprint density at radius 2 is 1.95 bits per heavy atom. The molecule has 4 nitrogen and oxygen atoms in total. The lowest BCUT2D eigenvalue weighted by molar-refractivity contribution is -0.138. The molecule has 1 N–H and O–H groups in total. The summed E-state index contributed by atoms with van der Waals surface area (Å²) in [6.45, 7) is 2.90. The van der Waals surface area contributed by atoms with Crippen molar-refractivity contribution in [3.05, 3.63) is 29.3 Å². The first-order valence-corrected chi connectivity index (χ1v) is 6.67. The summed E-state index contributed by atoms with van der Waals surface area (Å²) in [5, 5.41) is 8.79. The fourth-order valence-electron chi connectivity index (χ4n) is 2.33. The van der Waals surface area contributed by atoms with Gasteiger partial charge in [-0.05, 0) is 44.1 Å². The predicted octanol–water partition coefficient (Wildman–Crippen LogP) is 2.88. The molecular formula is C14H16F3NO3. The molecule has 1 aliphatic rings. The van der Waals surface area contributed by atoms with E-state index in [0.717, 1.165) is 38.1 Å². The van der Waals surface area contributed by atoms with Gasteiger partial charge in [0.1, 0.15) is 12.4 Å². The van der Waals surface area contributed by atoms with Gasteiger partial charge in [0, 0.05) is 6.54 Å². The average molecular weight is 303 g/mol. The highest BCUT2D eigenvalue weighted by molar-refractivity contribution is 5.89. The number of hydrogen-bond acceptors (Lipinski definition) is 3. The van der Waals surface area contributed by atoms with E-state index < -0.39 is 23.3 Å². The predicted molar refractivity (Wildman–Crippen MR) is 69.6 cm³/mol. The molecule has 0 atom stereocenters. The highest BCUT2D eigenvalue weighted by Crippen LogP contribution is 2.34. The molecule has 0 aromatic heterocycles. The van der Waals surface area contributed by atoms with Crippen LogP contribution >= 0.6 is 0 Å². The maximum Gasteiger partial charge on any atom is 0.417 e. The number of alkyl halides is 3. The SMILES string of the molecule is O=C(O)c1ccc(OCCN2CCCC2)cc1C(F)(F)F. The minimum atomic E-state index is -4.72. The van der Waals surface area contributed by atoms with Crippen LogP contribution < -0.4 is 4.74 Å². The van der Waals surface area contributed by atoms with Crippen molar-refractivity contribution < 1.29 is 27.8 Å². The molecule has 0 aliphatic carbocycles. The zero-order valence-corrected chi connectivity index (χ0v) is 11.3. The van der Waals surface area contributed by atoms with E-state index in [2.05, 4.69) is 4.90 Å². The lowest BCUT2D eigenvalue weighted by Crippen LogP contribution is -2.25. The summed E-state index contributed by atoms with van der Waals surface area (Å²) >= 11 is 0. The molecule has 1 fully saturated rings. The number of aromatic carboxylic acids is 1. The molecule has 21 heavy (non-hydrogen) atoms. The first-order valence-electron chi connectivity index (χ1n) is 6.67. The second-order valence-corrected chi connectivity index (χ2v) is 4.91. The second kappa shape index (κ2) is 6.34. The van der Waals surface area contributed by atoms with Crippen molar-refractivity contribution in [3.63, 3.8) is 0 Å². The quantitative estimate of drug-likeness (QED) is 0.908. The van der Waals surface area contributed by atoms with Gasteiger partial charge in [-0.15, -0.1) is 0 Å². The number of ether oxygens (including phenoxy) is 1. The Morgan fingerprint density at radius 3 is 2.52 bits per heavy atom. The van der Waals surface area contributed by atoms with E-state index in [1.807, 2.05) is 0 Å². The van der Waals surface area contributed by atoms with Gasteiger partial charge < -0.3 is 9.84 Å². The van der Waals surface area contributed by atoms with Gasteiger partial charge in [-0.25, -0.2) is 4.79 Å². The van der Waals surface area contributed by atoms with Crippen LogP contribution in [0.3, 0.4) is 0 Å². The summed E-state index contributed by atoms with van der Waals surface area (Å²) in [6, 6.07) is 2.92. The fraction of sp³-hybridized carbons (Fsp3) is 0.500. The Labute approximate surface area is 120 Å². The number of likely N-dealkylation sites (tertiary alicyclic amines) is 1. The Kier molecular flexibility index (Phi) is 4.72. The molecule has 1 aromatic rings. The number of halogens is 3. The number of carboxylic acids is 1. The summed E-state index contributed by atoms with van der Waals surface area (Å²) in [7, 11) is 0. The van der Waals surface area contributed by atoms with E-state index in [4.69, 9.17) is 9.84 Å². The van der Waals surface area contributed by atoms with Crippen molar-refractivity contribution in [2.24, 2.45) is 0 Å². The Hall–Kier alpha value is -1.76. The van der Waals surface area contributed by atoms with Crippen LogP contribution in [0.2, 0.25) is 0 Å². The maximum absolute atomic E-state index is 12.8. The number of carbonyl (C=O) groups is 1. The molecule has 1 heterocycles. The molecule has 0 amide bonds. The molecule has 2 rings (SSSR count). The summed E-state index contributed by atoms with van der Waals surface area (Å²) < 4.78 is 43.8. The van der Waals surface area contributed by atoms with E-state index in [-0.39, 0.29) is 12.4 Å². The third-order valence-electron chi connectivity index (χ3n) is 3.40. The molecular weight excluding hydrogens is 287 g/mol. The van der Waals surface area contributed by atoms with Crippen LogP contribution in [0.4, 0.5) is 13.2 Å². The van der Waals surface area contributed by atoms with E-state index in [0.29, 0.717) is 6.54 Å². The van der Waals surface area contributed by atoms with Crippen LogP contribution in [-0.2, 0) is 6.18 Å². The van der Waals surface area contributed by atoms with Gasteiger partial charge in [0.15, 0.2) is 0 Å². The number of nitrogens with zero attached hydrogens (tertiary/aromatic N) is 1. The Morgan fingerprint density at radius 1 is 1.29 bits per heavy atom. The van der Waals surface area contributed by atoms with Crippen LogP contribution in [0.1, 0.15) is 28.8 Å². The number of hydrogen-bond donors (Lipinski definition) is 1. The zero-order valence-electron chi connectivity index (χ0n) is 11.3. The van der Waals surface area contributed by atoms with Crippen molar-refractivity contribution in [3.8, 4) is 5.75 Å². The highest BCUT2D eigenvalue weighted by Gasteiger charge is 2.35. The first-order chi connectivity index (χ1) is 9.88. The van der Waals surface area contributed by atoms with Crippen LogP contribution in [0, 0.1) is 0 Å². The smallest absolute Gasteiger partial charge is 0.417 e. The van der Waals surface area contributed by atoms with Gasteiger partial charge >= 0.3 is 12.1 Å². The van der Waals surface area contributed by atoms with Crippen molar-refractivity contribution >= 4 is 5.97 Å². The summed E-state index contributed by atoms with van der Waals surface area (Å²) in [6.07, 6.45) is -2.46. The topological polar surface area (TPSA) is 49.8 Å². The minimum absolute atomic E-state index is 0.0338. The van der Waals surface area contributed by atoms with E-state index in [1.165, 1.54) is 6.07 Å². The Bertz CT molecular complexity index is 511. The number of benzene rings is 1. The number of carboxylic acid groups (broad SMARTS) is 1. The van der Waals surface area contributed by atoms with E-state index in [9.17, 15) is 18.0 Å². The number of rotatable bonds is 5. The first kappa shape index (κ1) is 15.6. The molecule has 1 aromatic carbocycles. The molecule has 1 saturated heterocycles. The summed E-state index contributed by atoms with van der Waals surface area (Å²) in [5.74, 6) is -1.57. The third-order valence-corrected chi connectivity index (χ3v) is 3.40. The molecule has 0 unspecified atom stereocenters. The summed E-state index contributed by atoms with van der Waals surface area (Å²) in [5.41, 5.74) is -1.96. The van der Waals surface area contributed by atoms with Gasteiger partial charge in [0.25, 0.3) is 0 Å². The molecule has 0 saturated carbocycles. The monoisotopic (exact) mass is 303 g/mol. The minimum Gasteiger partial charge on any atom is -0.492 e. The van der Waals surface area contributed by atoms with Gasteiger partial charge in [-0.3, -0.25) is 4.90 Å². The van der Waals surface area contributed by atoms with Crippen molar-refractivity contribution in [2.75, 3.05) is 26.2 Å². The van der Waals surface area contributed by atoms with E-state index >= 15 is 0 Å². The van der Waals surface area contributed by atoms with Crippen LogP contribution in [0.25, 0.3) is 0 Å². The second-order valence-electron chi connectivity index (χ2n) is 4.91. The van der Waals surface area contributed by atoms with Crippen LogP contribution in [-0.4, -0.2) is 42.2 Å².